The number of fused-ring (bicyclic) bond motifs is 1. The lowest BCUT2D eigenvalue weighted by atomic mass is 9.89. The minimum Gasteiger partial charge on any atom is -0.507 e. The van der Waals surface area contributed by atoms with Crippen molar-refractivity contribution in [2.75, 3.05) is 19.1 Å². The highest BCUT2D eigenvalue weighted by Crippen LogP contribution is 2.46. The van der Waals surface area contributed by atoms with E-state index in [9.17, 15) is 15.0 Å². The van der Waals surface area contributed by atoms with Crippen LogP contribution in [0, 0.1) is 20.8 Å². The Balaban J connectivity index is 2.17. The van der Waals surface area contributed by atoms with Crippen molar-refractivity contribution in [3.63, 3.8) is 0 Å². The number of phenols is 1. The van der Waals surface area contributed by atoms with E-state index in [1.54, 1.807) is 11.0 Å². The molecule has 0 aliphatic carbocycles. The highest BCUT2D eigenvalue weighted by Gasteiger charge is 2.40. The fraction of sp³-hybridized carbons (Fsp3) is 0.391. The minimum absolute atomic E-state index is 0.0177. The Morgan fingerprint density at radius 2 is 1.77 bits per heavy atom. The fourth-order valence-corrected chi connectivity index (χ4v) is 4.40. The van der Waals surface area contributed by atoms with E-state index in [2.05, 4.69) is 0 Å². The van der Waals surface area contributed by atoms with Gasteiger partial charge in [-0.25, -0.2) is 4.79 Å². The highest BCUT2D eigenvalue weighted by atomic mass is 32.1. The molecule has 8 heteroatoms. The number of methoxy groups -OCH3 is 2. The summed E-state index contributed by atoms with van der Waals surface area (Å²) in [6.45, 7) is 7.50. The van der Waals surface area contributed by atoms with Crippen LogP contribution in [-0.2, 0) is 6.42 Å². The monoisotopic (exact) mass is 445 g/mol. The Morgan fingerprint density at radius 1 is 1.16 bits per heavy atom. The van der Waals surface area contributed by atoms with Gasteiger partial charge in [-0.3, -0.25) is 4.90 Å². The Kier molecular flexibility index (Phi) is 6.04. The van der Waals surface area contributed by atoms with Crippen molar-refractivity contribution in [3.05, 3.63) is 39.9 Å². The summed E-state index contributed by atoms with van der Waals surface area (Å²) < 4.78 is 17.1. The fourth-order valence-electron chi connectivity index (χ4n) is 4.07. The number of ether oxygens (including phenoxy) is 3. The number of thiocarbonyl (C=S) groups is 1. The van der Waals surface area contributed by atoms with E-state index in [1.807, 2.05) is 27.7 Å². The molecule has 0 fully saturated rings. The number of carbonyl (C=O) groups is 1. The molecule has 0 amide bonds. The van der Waals surface area contributed by atoms with Crippen LogP contribution in [0.15, 0.2) is 12.1 Å². The molecule has 0 saturated heterocycles. The molecule has 1 aliphatic rings. The summed E-state index contributed by atoms with van der Waals surface area (Å²) in [5.74, 6) is 0.553. The van der Waals surface area contributed by atoms with Crippen molar-refractivity contribution in [2.45, 2.75) is 46.3 Å². The van der Waals surface area contributed by atoms with E-state index in [4.69, 9.17) is 26.4 Å². The molecule has 2 N–H and O–H groups in total. The Bertz CT molecular complexity index is 1070. The first-order valence-electron chi connectivity index (χ1n) is 9.84. The highest BCUT2D eigenvalue weighted by molar-refractivity contribution is 7.79. The number of carboxylic acids is 1. The van der Waals surface area contributed by atoms with Crippen molar-refractivity contribution in [1.82, 2.24) is 0 Å². The zero-order valence-electron chi connectivity index (χ0n) is 18.5. The van der Waals surface area contributed by atoms with E-state index in [1.165, 1.54) is 25.8 Å². The van der Waals surface area contributed by atoms with Crippen LogP contribution in [0.25, 0.3) is 0 Å². The molecule has 7 nitrogen and oxygen atoms in total. The maximum absolute atomic E-state index is 12.0. The van der Waals surface area contributed by atoms with Crippen LogP contribution < -0.4 is 19.1 Å². The average Bonchev–Trinajstić information content (AvgIpc) is 2.75. The summed E-state index contributed by atoms with van der Waals surface area (Å²) >= 11 is 5.31. The van der Waals surface area contributed by atoms with Gasteiger partial charge in [-0.15, -0.1) is 0 Å². The van der Waals surface area contributed by atoms with Gasteiger partial charge in [0.15, 0.2) is 17.2 Å². The largest absolute Gasteiger partial charge is 0.507 e. The third-order valence-electron chi connectivity index (χ3n) is 6.11. The van der Waals surface area contributed by atoms with Gasteiger partial charge in [0.2, 0.25) is 0 Å². The van der Waals surface area contributed by atoms with Gasteiger partial charge < -0.3 is 24.4 Å². The number of benzene rings is 2. The van der Waals surface area contributed by atoms with Crippen LogP contribution in [-0.4, -0.2) is 41.6 Å². The average molecular weight is 446 g/mol. The molecule has 0 radical (unpaired) electrons. The molecule has 1 atom stereocenters. The first-order valence-corrected chi connectivity index (χ1v) is 10.3. The van der Waals surface area contributed by atoms with Crippen molar-refractivity contribution >= 4 is 29.4 Å². The second kappa shape index (κ2) is 8.26. The van der Waals surface area contributed by atoms with E-state index in [0.29, 0.717) is 35.8 Å². The van der Waals surface area contributed by atoms with Gasteiger partial charge >= 0.3 is 5.97 Å². The molecule has 0 spiro atoms. The first kappa shape index (κ1) is 22.7. The quantitative estimate of drug-likeness (QED) is 0.627. The van der Waals surface area contributed by atoms with Crippen LogP contribution >= 0.6 is 12.2 Å². The molecule has 1 aliphatic heterocycles. The summed E-state index contributed by atoms with van der Waals surface area (Å²) in [5.41, 5.74) is 4.17. The molecule has 0 bridgehead atoms. The number of hydrogen-bond acceptors (Lipinski definition) is 6. The van der Waals surface area contributed by atoms with E-state index >= 15 is 0 Å². The minimum atomic E-state index is -1.12. The normalized spacial score (nSPS) is 17.4. The van der Waals surface area contributed by atoms with Crippen molar-refractivity contribution in [1.29, 1.82) is 0 Å². The maximum atomic E-state index is 12.0. The van der Waals surface area contributed by atoms with Gasteiger partial charge in [-0.05, 0) is 50.8 Å². The summed E-state index contributed by atoms with van der Waals surface area (Å²) in [6, 6.07) is 3.01. The Morgan fingerprint density at radius 3 is 2.32 bits per heavy atom. The van der Waals surface area contributed by atoms with Crippen molar-refractivity contribution in [2.24, 2.45) is 0 Å². The van der Waals surface area contributed by atoms with Gasteiger partial charge in [0.25, 0.3) is 0 Å². The van der Waals surface area contributed by atoms with Crippen LogP contribution in [0.1, 0.15) is 46.0 Å². The van der Waals surface area contributed by atoms with Gasteiger partial charge in [0.05, 0.1) is 31.0 Å². The van der Waals surface area contributed by atoms with E-state index in [-0.39, 0.29) is 11.3 Å². The Hall–Kier alpha value is -3.00. The number of rotatable bonds is 6. The van der Waals surface area contributed by atoms with Gasteiger partial charge in [0.1, 0.15) is 11.5 Å². The molecule has 166 valence electrons. The second-order valence-electron chi connectivity index (χ2n) is 7.81. The van der Waals surface area contributed by atoms with Crippen molar-refractivity contribution in [3.8, 4) is 23.0 Å². The van der Waals surface area contributed by atoms with E-state index in [0.717, 1.165) is 22.3 Å². The maximum Gasteiger partial charge on any atom is 0.337 e. The topological polar surface area (TPSA) is 88.5 Å². The third-order valence-corrected chi connectivity index (χ3v) is 6.32. The zero-order valence-corrected chi connectivity index (χ0v) is 19.3. The predicted molar refractivity (Wildman–Crippen MR) is 122 cm³/mol. The first-order chi connectivity index (χ1) is 14.6. The number of anilines is 1. The van der Waals surface area contributed by atoms with Crippen LogP contribution in [0.4, 0.5) is 5.69 Å². The summed E-state index contributed by atoms with van der Waals surface area (Å²) in [4.78, 5) is 13.7. The summed E-state index contributed by atoms with van der Waals surface area (Å²) in [6.07, 6.45) is 1.17. The molecule has 1 unspecified atom stereocenters. The Labute approximate surface area is 187 Å². The molecule has 2 aromatic carbocycles. The number of nitrogens with zero attached hydrogens (tertiary/aromatic N) is 1. The van der Waals surface area contributed by atoms with Gasteiger partial charge in [0, 0.05) is 24.1 Å². The number of carboxylic acid groups (broad SMARTS) is 1. The summed E-state index contributed by atoms with van der Waals surface area (Å²) in [5, 5.41) is 20.3. The predicted octanol–water partition coefficient (Wildman–Crippen LogP) is 4.54. The van der Waals surface area contributed by atoms with E-state index < -0.39 is 11.7 Å². The van der Waals surface area contributed by atoms with Crippen LogP contribution in [0.3, 0.4) is 0 Å². The molecule has 1 heterocycles. The molecule has 2 aromatic rings. The van der Waals surface area contributed by atoms with Crippen molar-refractivity contribution < 1.29 is 29.2 Å². The van der Waals surface area contributed by atoms with Gasteiger partial charge in [-0.1, -0.05) is 12.2 Å². The smallest absolute Gasteiger partial charge is 0.337 e. The van der Waals surface area contributed by atoms with Gasteiger partial charge in [-0.2, -0.15) is 0 Å². The molecule has 3 rings (SSSR count). The molecular formula is C23H27NO6S. The SMILES string of the molecule is COc1cc(C(=O)O)c(N(C=S)C2(C)CCc3c(C)c(O)c(C)c(C)c3O2)cc1OC. The van der Waals surface area contributed by atoms with Crippen LogP contribution in [0.5, 0.6) is 23.0 Å². The lowest BCUT2D eigenvalue weighted by Crippen LogP contribution is -2.53. The zero-order chi connectivity index (χ0) is 23.1. The summed E-state index contributed by atoms with van der Waals surface area (Å²) in [7, 11) is 2.94. The number of aromatic carboxylic acids is 1. The molecule has 0 aromatic heterocycles. The lowest BCUT2D eigenvalue weighted by Gasteiger charge is -2.44. The molecule has 31 heavy (non-hydrogen) atoms. The second-order valence-corrected chi connectivity index (χ2v) is 8.02. The lowest BCUT2D eigenvalue weighted by molar-refractivity contribution is 0.0684. The van der Waals surface area contributed by atoms with Crippen LogP contribution in [0.2, 0.25) is 0 Å². The number of hydrogen-bond donors (Lipinski definition) is 2. The molecular weight excluding hydrogens is 418 g/mol. The molecule has 0 saturated carbocycles. The third kappa shape index (κ3) is 3.65. The number of phenolic OH excluding ortho intramolecular Hbond substituents is 1. The number of aromatic hydroxyl groups is 1. The standard InChI is InChI=1S/C23H27NO6S/c1-12-13(2)21-15(14(3)20(12)25)7-8-23(4,30-21)24(11-31)17-10-19(29-6)18(28-5)9-16(17)22(26)27/h9-11,25H,7-8H2,1-6H3,(H,26,27).